The molecule has 0 saturated heterocycles. The van der Waals surface area contributed by atoms with Gasteiger partial charge in [-0.25, -0.2) is 0 Å². The van der Waals surface area contributed by atoms with Gasteiger partial charge < -0.3 is 24.4 Å². The van der Waals surface area contributed by atoms with E-state index in [0.29, 0.717) is 17.2 Å². The number of rotatable bonds is 4. The van der Waals surface area contributed by atoms with E-state index in [0.717, 1.165) is 24.0 Å². The number of aryl methyl sites for hydroxylation is 2. The fourth-order valence-corrected chi connectivity index (χ4v) is 2.37. The van der Waals surface area contributed by atoms with Crippen molar-refractivity contribution in [2.24, 2.45) is 0 Å². The molecule has 1 aliphatic rings. The van der Waals surface area contributed by atoms with Gasteiger partial charge in [0, 0.05) is 0 Å². The highest BCUT2D eigenvalue weighted by Crippen LogP contribution is 2.41. The molecule has 0 saturated carbocycles. The number of benzene rings is 2. The lowest BCUT2D eigenvalue weighted by atomic mass is 10.0. The molecule has 110 valence electrons. The smallest absolute Gasteiger partial charge is 0.231 e. The van der Waals surface area contributed by atoms with Crippen molar-refractivity contribution in [3.05, 3.63) is 41.5 Å². The molecular weight excluding hydrogens is 272 g/mol. The van der Waals surface area contributed by atoms with Crippen molar-refractivity contribution in [3.63, 3.8) is 0 Å². The predicted molar refractivity (Wildman–Crippen MR) is 76.3 cm³/mol. The van der Waals surface area contributed by atoms with Crippen LogP contribution in [-0.2, 0) is 12.8 Å². The molecule has 2 aromatic rings. The van der Waals surface area contributed by atoms with Crippen LogP contribution in [0.5, 0.6) is 28.7 Å². The highest BCUT2D eigenvalue weighted by Gasteiger charge is 2.18. The minimum absolute atomic E-state index is 0.0950. The van der Waals surface area contributed by atoms with Gasteiger partial charge in [0.1, 0.15) is 0 Å². The average molecular weight is 288 g/mol. The van der Waals surface area contributed by atoms with Crippen LogP contribution in [0.25, 0.3) is 0 Å². The second-order valence-electron chi connectivity index (χ2n) is 4.85. The van der Waals surface area contributed by atoms with E-state index < -0.39 is 0 Å². The highest BCUT2D eigenvalue weighted by molar-refractivity contribution is 5.54. The van der Waals surface area contributed by atoms with Crippen LogP contribution in [0.4, 0.5) is 0 Å². The Morgan fingerprint density at radius 2 is 1.76 bits per heavy atom. The summed E-state index contributed by atoms with van der Waals surface area (Å²) in [5.74, 6) is 1.66. The number of ether oxygens (including phenoxy) is 3. The van der Waals surface area contributed by atoms with Crippen molar-refractivity contribution in [2.45, 2.75) is 12.8 Å². The molecule has 5 heteroatoms. The molecule has 3 rings (SSSR count). The lowest BCUT2D eigenvalue weighted by molar-refractivity contribution is 0.171. The van der Waals surface area contributed by atoms with Gasteiger partial charge in [-0.3, -0.25) is 0 Å². The third-order valence-corrected chi connectivity index (χ3v) is 3.46. The topological polar surface area (TPSA) is 68.2 Å². The molecule has 0 aliphatic carbocycles. The van der Waals surface area contributed by atoms with Crippen molar-refractivity contribution < 1.29 is 24.4 Å². The molecule has 0 fully saturated rings. The summed E-state index contributed by atoms with van der Waals surface area (Å²) in [7, 11) is 1.52. The maximum Gasteiger partial charge on any atom is 0.231 e. The van der Waals surface area contributed by atoms with E-state index in [9.17, 15) is 10.2 Å². The zero-order valence-corrected chi connectivity index (χ0v) is 11.6. The quantitative estimate of drug-likeness (QED) is 0.905. The van der Waals surface area contributed by atoms with Gasteiger partial charge in [0.25, 0.3) is 0 Å². The summed E-state index contributed by atoms with van der Waals surface area (Å²) in [5, 5.41) is 19.6. The number of phenolic OH excluding ortho intramolecular Hbond substituents is 2. The first kappa shape index (κ1) is 13.4. The van der Waals surface area contributed by atoms with E-state index >= 15 is 0 Å². The Balaban J connectivity index is 1.73. The summed E-state index contributed by atoms with van der Waals surface area (Å²) in [6.07, 6.45) is 1.45. The van der Waals surface area contributed by atoms with Gasteiger partial charge in [0.15, 0.2) is 23.0 Å². The fourth-order valence-electron chi connectivity index (χ4n) is 2.37. The standard InChI is InChI=1S/C16H16O5/c1-19-14-5-4-10(6-12(14)17)2-3-11-7-13(18)16-15(8-11)20-9-21-16/h4-8,17-18H,2-3,9H2,1H3. The summed E-state index contributed by atoms with van der Waals surface area (Å²) in [6.45, 7) is 0.138. The second kappa shape index (κ2) is 5.44. The van der Waals surface area contributed by atoms with Gasteiger partial charge in [-0.2, -0.15) is 0 Å². The van der Waals surface area contributed by atoms with E-state index in [4.69, 9.17) is 14.2 Å². The van der Waals surface area contributed by atoms with Gasteiger partial charge >= 0.3 is 0 Å². The number of aromatic hydroxyl groups is 2. The molecule has 0 spiro atoms. The molecule has 0 amide bonds. The van der Waals surface area contributed by atoms with Gasteiger partial charge in [-0.15, -0.1) is 0 Å². The predicted octanol–water partition coefficient (Wildman–Crippen LogP) is 2.62. The van der Waals surface area contributed by atoms with Crippen LogP contribution < -0.4 is 14.2 Å². The lowest BCUT2D eigenvalue weighted by Crippen LogP contribution is -1.93. The normalized spacial score (nSPS) is 12.4. The Bertz CT molecular complexity index is 666. The zero-order chi connectivity index (χ0) is 14.8. The molecule has 0 bridgehead atoms. The Morgan fingerprint density at radius 1 is 1.00 bits per heavy atom. The maximum absolute atomic E-state index is 9.86. The molecule has 1 heterocycles. The summed E-state index contributed by atoms with van der Waals surface area (Å²) in [6, 6.07) is 8.88. The Hall–Kier alpha value is -2.56. The van der Waals surface area contributed by atoms with Crippen molar-refractivity contribution in [1.29, 1.82) is 0 Å². The molecule has 0 aromatic heterocycles. The van der Waals surface area contributed by atoms with Crippen LogP contribution in [0.15, 0.2) is 30.3 Å². The average Bonchev–Trinajstić information content (AvgIpc) is 2.94. The Labute approximate surface area is 122 Å². The van der Waals surface area contributed by atoms with Crippen molar-refractivity contribution >= 4 is 0 Å². The van der Waals surface area contributed by atoms with Gasteiger partial charge in [-0.1, -0.05) is 6.07 Å². The fraction of sp³-hybridized carbons (Fsp3) is 0.250. The summed E-state index contributed by atoms with van der Waals surface area (Å²) >= 11 is 0. The molecular formula is C16H16O5. The molecule has 21 heavy (non-hydrogen) atoms. The number of methoxy groups -OCH3 is 1. The van der Waals surface area contributed by atoms with Crippen LogP contribution in [0.3, 0.4) is 0 Å². The van der Waals surface area contributed by atoms with Crippen LogP contribution in [-0.4, -0.2) is 24.1 Å². The van der Waals surface area contributed by atoms with Crippen LogP contribution in [0, 0.1) is 0 Å². The van der Waals surface area contributed by atoms with Crippen LogP contribution >= 0.6 is 0 Å². The Kier molecular flexibility index (Phi) is 3.48. The Morgan fingerprint density at radius 3 is 2.52 bits per heavy atom. The van der Waals surface area contributed by atoms with E-state index in [1.54, 1.807) is 18.2 Å². The molecule has 0 atom stereocenters. The molecule has 1 aliphatic heterocycles. The van der Waals surface area contributed by atoms with Gasteiger partial charge in [0.05, 0.1) is 7.11 Å². The monoisotopic (exact) mass is 288 g/mol. The van der Waals surface area contributed by atoms with Crippen molar-refractivity contribution in [2.75, 3.05) is 13.9 Å². The number of hydrogen-bond acceptors (Lipinski definition) is 5. The van der Waals surface area contributed by atoms with E-state index in [1.165, 1.54) is 7.11 Å². The largest absolute Gasteiger partial charge is 0.504 e. The summed E-state index contributed by atoms with van der Waals surface area (Å²) < 4.78 is 15.5. The molecule has 0 unspecified atom stereocenters. The minimum Gasteiger partial charge on any atom is -0.504 e. The van der Waals surface area contributed by atoms with E-state index in [-0.39, 0.29) is 18.3 Å². The van der Waals surface area contributed by atoms with E-state index in [2.05, 4.69) is 0 Å². The van der Waals surface area contributed by atoms with Crippen LogP contribution in [0.1, 0.15) is 11.1 Å². The third-order valence-electron chi connectivity index (χ3n) is 3.46. The second-order valence-corrected chi connectivity index (χ2v) is 4.85. The number of hydrogen-bond donors (Lipinski definition) is 2. The van der Waals surface area contributed by atoms with Crippen LogP contribution in [0.2, 0.25) is 0 Å². The zero-order valence-electron chi connectivity index (χ0n) is 11.6. The van der Waals surface area contributed by atoms with Crippen molar-refractivity contribution in [3.8, 4) is 28.7 Å². The summed E-state index contributed by atoms with van der Waals surface area (Å²) in [5.41, 5.74) is 1.94. The maximum atomic E-state index is 9.86. The first-order valence-electron chi connectivity index (χ1n) is 6.65. The molecule has 2 aromatic carbocycles. The third kappa shape index (κ3) is 2.67. The SMILES string of the molecule is COc1ccc(CCc2cc(O)c3c(c2)OCO3)cc1O. The molecule has 0 radical (unpaired) electrons. The van der Waals surface area contributed by atoms with Crippen molar-refractivity contribution in [1.82, 2.24) is 0 Å². The molecule has 2 N–H and O–H groups in total. The first-order chi connectivity index (χ1) is 10.2. The molecule has 5 nitrogen and oxygen atoms in total. The number of fused-ring (bicyclic) bond motifs is 1. The lowest BCUT2D eigenvalue weighted by Gasteiger charge is -2.08. The van der Waals surface area contributed by atoms with Gasteiger partial charge in [0.2, 0.25) is 12.5 Å². The minimum atomic E-state index is 0.0950. The van der Waals surface area contributed by atoms with E-state index in [1.807, 2.05) is 12.1 Å². The van der Waals surface area contributed by atoms with Gasteiger partial charge in [-0.05, 0) is 48.2 Å². The highest BCUT2D eigenvalue weighted by atomic mass is 16.7. The first-order valence-corrected chi connectivity index (χ1v) is 6.65. The summed E-state index contributed by atoms with van der Waals surface area (Å²) in [4.78, 5) is 0. The number of phenols is 2.